The fraction of sp³-hybridized carbons (Fsp3) is 0. The van der Waals surface area contributed by atoms with Crippen molar-refractivity contribution in [2.24, 2.45) is 0 Å². The minimum absolute atomic E-state index is 0.0478. The molecule has 0 aliphatic heterocycles. The topological polar surface area (TPSA) is 26.0 Å². The van der Waals surface area contributed by atoms with Crippen LogP contribution in [-0.2, 0) is 0 Å². The lowest BCUT2D eigenvalue weighted by Crippen LogP contribution is -2.10. The Balaban J connectivity index is 1.06. The average molecular weight is 832 g/mol. The number of rotatable bonds is 8. The second-order valence-corrected chi connectivity index (χ2v) is 15.5. The maximum Gasteiger partial charge on any atom is 0.123 e. The summed E-state index contributed by atoms with van der Waals surface area (Å²) in [4.78, 5) is 5.93. The SMILES string of the molecule is [2H]c1c([2H])c([2H])c(N(c2ccc(-c3cc(-c4ccc5c(c4)c4ccccc4n5-c4ccccc4)cc(-c4ccc5c(c4)c4ccccc4n5-c4ccccc4)c3)nc2)c2c([2H])c([2H])c(F)c([2H])c2[2H])c([2H])c1[2H]. The molecule has 302 valence electrons. The van der Waals surface area contributed by atoms with Crippen molar-refractivity contribution < 1.29 is 16.7 Å². The Bertz CT molecular complexity index is 3910. The van der Waals surface area contributed by atoms with Crippen molar-refractivity contribution in [2.45, 2.75) is 0 Å². The fourth-order valence-electron chi connectivity index (χ4n) is 8.94. The van der Waals surface area contributed by atoms with Crippen LogP contribution in [-0.4, -0.2) is 14.1 Å². The van der Waals surface area contributed by atoms with E-state index in [1.165, 1.54) is 6.20 Å². The van der Waals surface area contributed by atoms with Gasteiger partial charge in [-0.05, 0) is 150 Å². The van der Waals surface area contributed by atoms with E-state index < -0.39 is 71.6 Å². The lowest BCUT2D eigenvalue weighted by molar-refractivity contribution is 0.628. The first kappa shape index (κ1) is 28.9. The zero-order valence-corrected chi connectivity index (χ0v) is 34.0. The summed E-state index contributed by atoms with van der Waals surface area (Å²) in [5, 5.41) is 4.35. The third-order valence-electron chi connectivity index (χ3n) is 11.8. The van der Waals surface area contributed by atoms with Crippen molar-refractivity contribution in [1.82, 2.24) is 14.1 Å². The molecule has 12 rings (SSSR count). The minimum Gasteiger partial charge on any atom is -0.309 e. The molecule has 9 aromatic carbocycles. The maximum atomic E-state index is 15.0. The number of hydrogen-bond acceptors (Lipinski definition) is 2. The molecule has 0 saturated carbocycles. The number of para-hydroxylation sites is 5. The van der Waals surface area contributed by atoms with Crippen LogP contribution in [0.15, 0.2) is 237 Å². The molecule has 64 heavy (non-hydrogen) atoms. The van der Waals surface area contributed by atoms with E-state index in [2.05, 4.69) is 112 Å². The van der Waals surface area contributed by atoms with Gasteiger partial charge < -0.3 is 14.0 Å². The first-order chi connectivity index (χ1) is 35.4. The molecule has 0 atom stereocenters. The van der Waals surface area contributed by atoms with E-state index in [9.17, 15) is 0 Å². The van der Waals surface area contributed by atoms with Crippen molar-refractivity contribution >= 4 is 60.7 Å². The van der Waals surface area contributed by atoms with Gasteiger partial charge in [0, 0.05) is 49.9 Å². The van der Waals surface area contributed by atoms with E-state index >= 15 is 4.39 Å². The molecular weight excluding hydrogens is 784 g/mol. The molecule has 0 unspecified atom stereocenters. The van der Waals surface area contributed by atoms with Gasteiger partial charge in [-0.3, -0.25) is 4.98 Å². The highest BCUT2D eigenvalue weighted by Crippen LogP contribution is 2.41. The smallest absolute Gasteiger partial charge is 0.123 e. The van der Waals surface area contributed by atoms with Crippen LogP contribution in [0.25, 0.3) is 88.5 Å². The molecule has 0 N–H and O–H groups in total. The van der Waals surface area contributed by atoms with Gasteiger partial charge in [0.05, 0.1) is 52.0 Å². The second-order valence-electron chi connectivity index (χ2n) is 15.5. The molecule has 0 saturated heterocycles. The van der Waals surface area contributed by atoms with E-state index in [1.54, 1.807) is 12.1 Å². The lowest BCUT2D eigenvalue weighted by atomic mass is 9.93. The quantitative estimate of drug-likeness (QED) is 0.152. The number of aromatic nitrogens is 3. The normalized spacial score (nSPS) is 13.5. The molecule has 4 nitrogen and oxygen atoms in total. The summed E-state index contributed by atoms with van der Waals surface area (Å²) in [6, 6.07) is 52.8. The van der Waals surface area contributed by atoms with Gasteiger partial charge in [-0.1, -0.05) is 103 Å². The molecule has 5 heteroatoms. The number of hydrogen-bond donors (Lipinski definition) is 0. The van der Waals surface area contributed by atoms with Crippen LogP contribution in [0.2, 0.25) is 0 Å². The summed E-state index contributed by atoms with van der Waals surface area (Å²) < 4.78 is 96.9. The largest absolute Gasteiger partial charge is 0.309 e. The van der Waals surface area contributed by atoms with E-state index in [0.717, 1.165) is 87.7 Å². The zero-order chi connectivity index (χ0) is 50.4. The minimum atomic E-state index is -1.38. The molecule has 0 radical (unpaired) electrons. The number of nitrogens with zero attached hydrogens (tertiary/aromatic N) is 4. The standard InChI is InChI=1S/C59H39FN4/c60-45-26-28-49(29-27-45)62(46-14-4-1-5-15-46)50-30-31-55(61-39-50)44-35-42(40-24-32-58-53(37-40)51-20-10-12-22-56(51)63(58)47-16-6-2-7-17-47)34-43(36-44)41-25-33-59-54(38-41)52-21-11-13-23-57(52)64(59)48-18-8-3-9-19-48/h1-39H/i1D,4D,5D,14D,15D,26D,27D,28D,29D. The zero-order valence-electron chi connectivity index (χ0n) is 43.0. The monoisotopic (exact) mass is 831 g/mol. The molecule has 3 heterocycles. The number of halogens is 1. The average Bonchev–Trinajstić information content (AvgIpc) is 3.95. The third-order valence-corrected chi connectivity index (χ3v) is 11.8. The molecule has 0 spiro atoms. The van der Waals surface area contributed by atoms with Gasteiger partial charge in [-0.2, -0.15) is 0 Å². The van der Waals surface area contributed by atoms with Crippen molar-refractivity contribution in [3.8, 4) is 44.9 Å². The summed E-state index contributed by atoms with van der Waals surface area (Å²) in [7, 11) is 0. The highest BCUT2D eigenvalue weighted by atomic mass is 19.1. The van der Waals surface area contributed by atoms with Crippen LogP contribution in [0.4, 0.5) is 21.5 Å². The molecule has 0 aliphatic rings. The molecular formula is C59H39FN4. The lowest BCUT2D eigenvalue weighted by Gasteiger charge is -2.25. The Morgan fingerprint density at radius 1 is 0.391 bits per heavy atom. The van der Waals surface area contributed by atoms with Gasteiger partial charge in [0.25, 0.3) is 0 Å². The van der Waals surface area contributed by atoms with Gasteiger partial charge in [0.1, 0.15) is 5.82 Å². The molecule has 0 bridgehead atoms. The van der Waals surface area contributed by atoms with Crippen molar-refractivity contribution in [2.75, 3.05) is 4.90 Å². The molecule has 0 amide bonds. The summed E-state index contributed by atoms with van der Waals surface area (Å²) >= 11 is 0. The first-order valence-corrected chi connectivity index (χ1v) is 20.8. The summed E-state index contributed by atoms with van der Waals surface area (Å²) in [6.07, 6.45) is 1.38. The van der Waals surface area contributed by atoms with E-state index in [0.29, 0.717) is 5.69 Å². The van der Waals surface area contributed by atoms with Crippen molar-refractivity contribution in [3.63, 3.8) is 0 Å². The van der Waals surface area contributed by atoms with Crippen LogP contribution in [0.5, 0.6) is 0 Å². The molecule has 0 aliphatic carbocycles. The van der Waals surface area contributed by atoms with Crippen molar-refractivity contribution in [1.29, 1.82) is 0 Å². The Morgan fingerprint density at radius 3 is 1.41 bits per heavy atom. The van der Waals surface area contributed by atoms with Crippen LogP contribution < -0.4 is 4.90 Å². The van der Waals surface area contributed by atoms with Gasteiger partial charge in [0.2, 0.25) is 0 Å². The van der Waals surface area contributed by atoms with Crippen molar-refractivity contribution in [3.05, 3.63) is 242 Å². The van der Waals surface area contributed by atoms with Gasteiger partial charge in [-0.15, -0.1) is 0 Å². The maximum absolute atomic E-state index is 15.0. The van der Waals surface area contributed by atoms with Gasteiger partial charge in [-0.25, -0.2) is 4.39 Å². The number of anilines is 3. The second kappa shape index (κ2) is 15.4. The number of pyridine rings is 1. The summed E-state index contributed by atoms with van der Waals surface area (Å²) in [5.74, 6) is -1.38. The highest BCUT2D eigenvalue weighted by Gasteiger charge is 2.18. The molecule has 0 fully saturated rings. The molecule has 12 aromatic rings. The van der Waals surface area contributed by atoms with E-state index in [1.807, 2.05) is 60.7 Å². The predicted molar refractivity (Wildman–Crippen MR) is 264 cm³/mol. The predicted octanol–water partition coefficient (Wildman–Crippen LogP) is 15.9. The fourth-order valence-corrected chi connectivity index (χ4v) is 8.94. The Kier molecular flexibility index (Phi) is 6.96. The number of fused-ring (bicyclic) bond motifs is 6. The van der Waals surface area contributed by atoms with Crippen LogP contribution in [0.1, 0.15) is 12.3 Å². The Labute approximate surface area is 382 Å². The van der Waals surface area contributed by atoms with E-state index in [-0.39, 0.29) is 5.69 Å². The Hall–Kier alpha value is -8.54. The summed E-state index contributed by atoms with van der Waals surface area (Å²) in [5.41, 5.74) is 10.4. The number of benzene rings is 9. The molecule has 3 aromatic heterocycles. The third kappa shape index (κ3) is 6.41. The van der Waals surface area contributed by atoms with Gasteiger partial charge >= 0.3 is 0 Å². The first-order valence-electron chi connectivity index (χ1n) is 25.3. The van der Waals surface area contributed by atoms with E-state index in [4.69, 9.17) is 17.3 Å². The Morgan fingerprint density at radius 2 is 0.875 bits per heavy atom. The van der Waals surface area contributed by atoms with Crippen LogP contribution in [0, 0.1) is 5.82 Å². The summed E-state index contributed by atoms with van der Waals surface area (Å²) in [6.45, 7) is 0. The van der Waals surface area contributed by atoms with Crippen LogP contribution >= 0.6 is 0 Å². The van der Waals surface area contributed by atoms with Gasteiger partial charge in [0.15, 0.2) is 0 Å². The van der Waals surface area contributed by atoms with Crippen LogP contribution in [0.3, 0.4) is 0 Å². The highest BCUT2D eigenvalue weighted by molar-refractivity contribution is 6.12.